The maximum absolute atomic E-state index is 11.8. The van der Waals surface area contributed by atoms with Gasteiger partial charge >= 0.3 is 0 Å². The van der Waals surface area contributed by atoms with E-state index in [4.69, 9.17) is 0 Å². The largest absolute Gasteiger partial charge is 0.748 e. The van der Waals surface area contributed by atoms with E-state index in [-0.39, 0.29) is 17.1 Å². The summed E-state index contributed by atoms with van der Waals surface area (Å²) >= 11 is 0. The number of carbonyl (C=O) groups is 2. The number of rotatable bonds is 8. The van der Waals surface area contributed by atoms with Crippen LogP contribution in [-0.4, -0.2) is 47.5 Å². The van der Waals surface area contributed by atoms with E-state index in [1.165, 1.54) is 43.6 Å². The maximum atomic E-state index is 11.8. The standard InChI is InChI=1S/C12H23OS.C10H16O4S/c1-2-3-5-8-12(13)11-14-9-6-4-7-10-14;1-9(2)7-3-4-10(9,8(11)5-7)6-15(12,13)14/h2-11H2,1H3;7H,3-6H2,1-2H3,(H,12,13,14)/q+1;/p-1. The highest BCUT2D eigenvalue weighted by Gasteiger charge is 2.64. The van der Waals surface area contributed by atoms with E-state index in [0.717, 1.165) is 25.0 Å². The molecule has 0 aromatic rings. The van der Waals surface area contributed by atoms with Gasteiger partial charge in [-0.15, -0.1) is 0 Å². The fourth-order valence-corrected chi connectivity index (χ4v) is 8.92. The van der Waals surface area contributed by atoms with Gasteiger partial charge in [-0.1, -0.05) is 33.6 Å². The van der Waals surface area contributed by atoms with Crippen LogP contribution < -0.4 is 0 Å². The van der Waals surface area contributed by atoms with Crippen molar-refractivity contribution in [1.29, 1.82) is 0 Å². The van der Waals surface area contributed by atoms with Crippen LogP contribution in [0.5, 0.6) is 0 Å². The molecule has 3 fully saturated rings. The summed E-state index contributed by atoms with van der Waals surface area (Å²) < 4.78 is 32.7. The van der Waals surface area contributed by atoms with Crippen LogP contribution in [0.25, 0.3) is 0 Å². The molecule has 3 rings (SSSR count). The normalized spacial score (nSPS) is 28.8. The van der Waals surface area contributed by atoms with E-state index < -0.39 is 21.3 Å². The van der Waals surface area contributed by atoms with Gasteiger partial charge in [0.15, 0.2) is 11.5 Å². The van der Waals surface area contributed by atoms with Crippen LogP contribution in [0.4, 0.5) is 0 Å². The van der Waals surface area contributed by atoms with Crippen molar-refractivity contribution in [1.82, 2.24) is 0 Å². The minimum Gasteiger partial charge on any atom is -0.748 e. The first-order valence-corrected chi connectivity index (χ1v) is 14.5. The highest BCUT2D eigenvalue weighted by atomic mass is 32.2. The van der Waals surface area contributed by atoms with Gasteiger partial charge in [0.2, 0.25) is 0 Å². The summed E-state index contributed by atoms with van der Waals surface area (Å²) in [7, 11) is -3.86. The molecule has 0 aromatic carbocycles. The van der Waals surface area contributed by atoms with Crippen LogP contribution in [0.2, 0.25) is 0 Å². The summed E-state index contributed by atoms with van der Waals surface area (Å²) in [6.45, 7) is 6.02. The molecule has 168 valence electrons. The minimum atomic E-state index is -4.33. The number of hydrogen-bond acceptors (Lipinski definition) is 5. The second-order valence-corrected chi connectivity index (χ2v) is 13.3. The molecule has 3 aliphatic rings. The summed E-state index contributed by atoms with van der Waals surface area (Å²) in [6.07, 6.45) is 10.4. The molecular formula is C22H38O5S2. The predicted octanol–water partition coefficient (Wildman–Crippen LogP) is 3.87. The van der Waals surface area contributed by atoms with Gasteiger partial charge in [-0.25, -0.2) is 8.42 Å². The van der Waals surface area contributed by atoms with Crippen LogP contribution in [-0.2, 0) is 30.6 Å². The second-order valence-electron chi connectivity index (χ2n) is 9.59. The van der Waals surface area contributed by atoms with Crippen molar-refractivity contribution in [2.45, 2.75) is 85.0 Å². The van der Waals surface area contributed by atoms with Gasteiger partial charge in [-0.05, 0) is 60.8 Å². The summed E-state index contributed by atoms with van der Waals surface area (Å²) in [5.41, 5.74) is -1.22. The SMILES string of the molecule is CC1(C)C2CCC1(CS(=O)(=O)[O-])C(=O)C2.CCCCCC(=O)C[S+]1CCCCC1. The van der Waals surface area contributed by atoms with Gasteiger partial charge < -0.3 is 4.55 Å². The Labute approximate surface area is 179 Å². The Balaban J connectivity index is 0.000000208. The molecule has 2 atom stereocenters. The molecule has 1 heterocycles. The first-order valence-electron chi connectivity index (χ1n) is 11.1. The van der Waals surface area contributed by atoms with Crippen LogP contribution in [0.3, 0.4) is 0 Å². The summed E-state index contributed by atoms with van der Waals surface area (Å²) in [4.78, 5) is 23.4. The fraction of sp³-hybridized carbons (Fsp3) is 0.909. The van der Waals surface area contributed by atoms with E-state index in [0.29, 0.717) is 29.5 Å². The molecule has 7 heteroatoms. The molecule has 2 unspecified atom stereocenters. The Morgan fingerprint density at radius 1 is 1.17 bits per heavy atom. The molecule has 0 amide bonds. The topological polar surface area (TPSA) is 91.3 Å². The molecule has 0 aromatic heterocycles. The van der Waals surface area contributed by atoms with Gasteiger partial charge in [-0.2, -0.15) is 0 Å². The Kier molecular flexibility index (Phi) is 8.81. The zero-order valence-electron chi connectivity index (χ0n) is 18.3. The van der Waals surface area contributed by atoms with Crippen molar-refractivity contribution in [2.75, 3.05) is 23.0 Å². The molecule has 0 radical (unpaired) electrons. The molecule has 2 bridgehead atoms. The third-order valence-corrected chi connectivity index (χ3v) is 10.7. The summed E-state index contributed by atoms with van der Waals surface area (Å²) in [6, 6.07) is 0. The van der Waals surface area contributed by atoms with Crippen molar-refractivity contribution in [3.63, 3.8) is 0 Å². The average molecular weight is 447 g/mol. The van der Waals surface area contributed by atoms with Gasteiger partial charge in [-0.3, -0.25) is 9.59 Å². The van der Waals surface area contributed by atoms with Gasteiger partial charge in [0.1, 0.15) is 17.3 Å². The Morgan fingerprint density at radius 3 is 2.31 bits per heavy atom. The Hall–Kier alpha value is -0.400. The molecular weight excluding hydrogens is 408 g/mol. The van der Waals surface area contributed by atoms with Crippen LogP contribution in [0, 0.1) is 16.7 Å². The number of ketones is 2. The Bertz CT molecular complexity index is 679. The molecule has 29 heavy (non-hydrogen) atoms. The number of unbranched alkanes of at least 4 members (excludes halogenated alkanes) is 2. The first kappa shape index (κ1) is 24.9. The quantitative estimate of drug-likeness (QED) is 0.321. The van der Waals surface area contributed by atoms with E-state index in [2.05, 4.69) is 6.92 Å². The van der Waals surface area contributed by atoms with Crippen LogP contribution in [0.15, 0.2) is 0 Å². The lowest BCUT2D eigenvalue weighted by molar-refractivity contribution is -0.128. The van der Waals surface area contributed by atoms with Gasteiger partial charge in [0.25, 0.3) is 0 Å². The number of Topliss-reactive ketones (excluding diaryl/α,β-unsaturated/α-hetero) is 2. The van der Waals surface area contributed by atoms with Gasteiger partial charge in [0, 0.05) is 18.3 Å². The molecule has 0 spiro atoms. The first-order chi connectivity index (χ1) is 13.5. The zero-order chi connectivity index (χ0) is 21.7. The van der Waals surface area contributed by atoms with Crippen molar-refractivity contribution < 1.29 is 22.6 Å². The van der Waals surface area contributed by atoms with Crippen molar-refractivity contribution in [2.24, 2.45) is 16.7 Å². The number of fused-ring (bicyclic) bond motifs is 2. The monoisotopic (exact) mass is 446 g/mol. The van der Waals surface area contributed by atoms with Crippen molar-refractivity contribution in [3.8, 4) is 0 Å². The van der Waals surface area contributed by atoms with E-state index in [1.807, 2.05) is 13.8 Å². The lowest BCUT2D eigenvalue weighted by Crippen LogP contribution is -2.42. The predicted molar refractivity (Wildman–Crippen MR) is 118 cm³/mol. The molecule has 0 N–H and O–H groups in total. The number of hydrogen-bond donors (Lipinski definition) is 0. The fourth-order valence-electron chi connectivity index (χ4n) is 5.32. The van der Waals surface area contributed by atoms with Crippen molar-refractivity contribution >= 4 is 32.6 Å². The summed E-state index contributed by atoms with van der Waals surface area (Å²) in [5.74, 6) is 3.82. The highest BCUT2D eigenvalue weighted by molar-refractivity contribution is 7.97. The van der Waals surface area contributed by atoms with E-state index >= 15 is 0 Å². The van der Waals surface area contributed by atoms with E-state index in [9.17, 15) is 22.6 Å². The average Bonchev–Trinajstić information content (AvgIpc) is 2.96. The van der Waals surface area contributed by atoms with Crippen molar-refractivity contribution in [3.05, 3.63) is 0 Å². The zero-order valence-corrected chi connectivity index (χ0v) is 20.0. The second kappa shape index (κ2) is 10.3. The van der Waals surface area contributed by atoms with Crippen LogP contribution >= 0.6 is 0 Å². The molecule has 1 aliphatic heterocycles. The third kappa shape index (κ3) is 6.30. The minimum absolute atomic E-state index is 0.0248. The molecule has 2 aliphatic carbocycles. The maximum Gasteiger partial charge on any atom is 0.181 e. The van der Waals surface area contributed by atoms with Crippen LogP contribution in [0.1, 0.15) is 85.0 Å². The Morgan fingerprint density at radius 2 is 1.83 bits per heavy atom. The lowest BCUT2D eigenvalue weighted by Gasteiger charge is -2.37. The summed E-state index contributed by atoms with van der Waals surface area (Å²) in [5, 5.41) is 0. The third-order valence-electron chi connectivity index (χ3n) is 7.35. The number of carbonyl (C=O) groups excluding carboxylic acids is 2. The highest BCUT2D eigenvalue weighted by Crippen LogP contribution is 2.64. The molecule has 1 saturated heterocycles. The smallest absolute Gasteiger partial charge is 0.181 e. The lowest BCUT2D eigenvalue weighted by atomic mass is 9.70. The molecule has 5 nitrogen and oxygen atoms in total. The molecule has 2 saturated carbocycles. The van der Waals surface area contributed by atoms with E-state index in [1.54, 1.807) is 0 Å². The van der Waals surface area contributed by atoms with Gasteiger partial charge in [0.05, 0.1) is 15.9 Å².